The molecule has 0 saturated carbocycles. The van der Waals surface area contributed by atoms with E-state index in [0.29, 0.717) is 27.3 Å². The number of aryl methyl sites for hydroxylation is 2. The number of benzene rings is 1. The van der Waals surface area contributed by atoms with E-state index in [1.54, 1.807) is 35.9 Å². The fourth-order valence-corrected chi connectivity index (χ4v) is 3.03. The molecule has 0 aliphatic carbocycles. The van der Waals surface area contributed by atoms with Crippen molar-refractivity contribution in [3.63, 3.8) is 0 Å². The molecule has 1 amide bonds. The average molecular weight is 432 g/mol. The number of rotatable bonds is 4. The van der Waals surface area contributed by atoms with Crippen LogP contribution in [0.2, 0.25) is 10.0 Å². The van der Waals surface area contributed by atoms with Crippen LogP contribution in [-0.2, 0) is 19.8 Å². The molecule has 0 bridgehead atoms. The van der Waals surface area contributed by atoms with E-state index in [4.69, 9.17) is 23.2 Å². The Morgan fingerprint density at radius 3 is 2.50 bits per heavy atom. The highest BCUT2D eigenvalue weighted by atomic mass is 35.5. The Bertz CT molecular complexity index is 1040. The molecule has 3 aromatic rings. The minimum absolute atomic E-state index is 0.187. The molecule has 0 spiro atoms. The SMILES string of the molecule is Cc1cc(NC(=O)c2cc(C(F)(F)F)n(C)n2)nn1Cc1ccc(Cl)cc1Cl. The zero-order chi connectivity index (χ0) is 20.6. The third kappa shape index (κ3) is 4.31. The summed E-state index contributed by atoms with van der Waals surface area (Å²) in [4.78, 5) is 12.2. The molecule has 6 nitrogen and oxygen atoms in total. The highest BCUT2D eigenvalue weighted by molar-refractivity contribution is 6.35. The minimum Gasteiger partial charge on any atom is -0.304 e. The summed E-state index contributed by atoms with van der Waals surface area (Å²) < 4.78 is 40.8. The Kier molecular flexibility index (Phi) is 5.40. The second-order valence-corrected chi connectivity index (χ2v) is 6.90. The molecule has 0 saturated heterocycles. The van der Waals surface area contributed by atoms with Crippen molar-refractivity contribution in [2.75, 3.05) is 5.32 Å². The van der Waals surface area contributed by atoms with E-state index in [9.17, 15) is 18.0 Å². The van der Waals surface area contributed by atoms with E-state index in [1.165, 1.54) is 0 Å². The first-order valence-electron chi connectivity index (χ1n) is 7.95. The minimum atomic E-state index is -4.60. The second kappa shape index (κ2) is 7.48. The molecule has 148 valence electrons. The predicted octanol–water partition coefficient (Wildman–Crippen LogP) is 4.55. The maximum Gasteiger partial charge on any atom is 0.433 e. The maximum atomic E-state index is 12.8. The summed E-state index contributed by atoms with van der Waals surface area (Å²) >= 11 is 12.0. The summed E-state index contributed by atoms with van der Waals surface area (Å²) in [6.45, 7) is 2.11. The van der Waals surface area contributed by atoms with Crippen molar-refractivity contribution in [2.24, 2.45) is 7.05 Å². The first-order chi connectivity index (χ1) is 13.0. The highest BCUT2D eigenvalue weighted by Gasteiger charge is 2.35. The van der Waals surface area contributed by atoms with Crippen molar-refractivity contribution >= 4 is 34.9 Å². The Labute approximate surface area is 167 Å². The van der Waals surface area contributed by atoms with Crippen LogP contribution in [0.1, 0.15) is 27.4 Å². The molecule has 1 N–H and O–H groups in total. The van der Waals surface area contributed by atoms with E-state index in [2.05, 4.69) is 15.5 Å². The normalized spacial score (nSPS) is 11.7. The average Bonchev–Trinajstić information content (AvgIpc) is 3.13. The van der Waals surface area contributed by atoms with Crippen LogP contribution in [0.4, 0.5) is 19.0 Å². The van der Waals surface area contributed by atoms with Gasteiger partial charge in [-0.2, -0.15) is 23.4 Å². The molecule has 0 unspecified atom stereocenters. The first kappa shape index (κ1) is 20.2. The summed E-state index contributed by atoms with van der Waals surface area (Å²) in [5, 5.41) is 11.3. The van der Waals surface area contributed by atoms with Gasteiger partial charge in [0.1, 0.15) is 5.69 Å². The number of nitrogens with zero attached hydrogens (tertiary/aromatic N) is 4. The van der Waals surface area contributed by atoms with E-state index >= 15 is 0 Å². The number of amides is 1. The summed E-state index contributed by atoms with van der Waals surface area (Å²) in [5.74, 6) is -0.605. The zero-order valence-electron chi connectivity index (χ0n) is 14.7. The molecule has 0 radical (unpaired) electrons. The number of nitrogens with one attached hydrogen (secondary N) is 1. The van der Waals surface area contributed by atoms with Crippen molar-refractivity contribution in [1.82, 2.24) is 19.6 Å². The molecule has 0 atom stereocenters. The molecular weight excluding hydrogens is 418 g/mol. The predicted molar refractivity (Wildman–Crippen MR) is 98.7 cm³/mol. The van der Waals surface area contributed by atoms with Gasteiger partial charge in [-0.15, -0.1) is 0 Å². The van der Waals surface area contributed by atoms with Gasteiger partial charge < -0.3 is 5.32 Å². The summed E-state index contributed by atoms with van der Waals surface area (Å²) in [6, 6.07) is 7.35. The molecule has 11 heteroatoms. The van der Waals surface area contributed by atoms with Gasteiger partial charge in [0, 0.05) is 34.9 Å². The molecule has 3 rings (SSSR count). The van der Waals surface area contributed by atoms with Crippen molar-refractivity contribution in [1.29, 1.82) is 0 Å². The van der Waals surface area contributed by atoms with Crippen LogP contribution in [0.3, 0.4) is 0 Å². The topological polar surface area (TPSA) is 64.7 Å². The largest absolute Gasteiger partial charge is 0.433 e. The van der Waals surface area contributed by atoms with Gasteiger partial charge in [-0.3, -0.25) is 14.2 Å². The van der Waals surface area contributed by atoms with Crippen LogP contribution in [0.15, 0.2) is 30.3 Å². The smallest absolute Gasteiger partial charge is 0.304 e. The van der Waals surface area contributed by atoms with Crippen LogP contribution >= 0.6 is 23.2 Å². The Morgan fingerprint density at radius 1 is 1.18 bits per heavy atom. The highest BCUT2D eigenvalue weighted by Crippen LogP contribution is 2.29. The summed E-state index contributed by atoms with van der Waals surface area (Å²) in [7, 11) is 1.12. The lowest BCUT2D eigenvalue weighted by molar-refractivity contribution is -0.143. The van der Waals surface area contributed by atoms with Gasteiger partial charge in [-0.25, -0.2) is 0 Å². The fraction of sp³-hybridized carbons (Fsp3) is 0.235. The number of carbonyl (C=O) groups is 1. The van der Waals surface area contributed by atoms with E-state index in [-0.39, 0.29) is 11.5 Å². The lowest BCUT2D eigenvalue weighted by Crippen LogP contribution is -2.14. The lowest BCUT2D eigenvalue weighted by Gasteiger charge is -2.07. The number of hydrogen-bond acceptors (Lipinski definition) is 3. The standard InChI is InChI=1S/C17H14Cl2F3N5O/c1-9-5-15(25-27(9)8-10-3-4-11(18)6-12(10)19)23-16(28)13-7-14(17(20,21)22)26(2)24-13/h3-7H,8H2,1-2H3,(H,23,25,28). The van der Waals surface area contributed by atoms with Crippen LogP contribution in [-0.4, -0.2) is 25.5 Å². The number of carbonyl (C=O) groups excluding carboxylic acids is 1. The van der Waals surface area contributed by atoms with Crippen molar-refractivity contribution in [3.8, 4) is 0 Å². The molecule has 0 aliphatic heterocycles. The van der Waals surface area contributed by atoms with Gasteiger partial charge in [-0.1, -0.05) is 29.3 Å². The summed E-state index contributed by atoms with van der Waals surface area (Å²) in [5.41, 5.74) is 0.118. The van der Waals surface area contributed by atoms with E-state index < -0.39 is 17.8 Å². The fourth-order valence-electron chi connectivity index (χ4n) is 2.57. The van der Waals surface area contributed by atoms with Gasteiger partial charge in [0.15, 0.2) is 11.5 Å². The molecule has 2 heterocycles. The van der Waals surface area contributed by atoms with Gasteiger partial charge in [0.25, 0.3) is 5.91 Å². The van der Waals surface area contributed by atoms with Crippen LogP contribution in [0, 0.1) is 6.92 Å². The number of aromatic nitrogens is 4. The van der Waals surface area contributed by atoms with E-state index in [0.717, 1.165) is 18.3 Å². The van der Waals surface area contributed by atoms with Crippen LogP contribution in [0.5, 0.6) is 0 Å². The van der Waals surface area contributed by atoms with Crippen molar-refractivity contribution in [3.05, 3.63) is 63.0 Å². The van der Waals surface area contributed by atoms with Gasteiger partial charge in [0.05, 0.1) is 6.54 Å². The third-order valence-corrected chi connectivity index (χ3v) is 4.55. The molecule has 1 aromatic carbocycles. The Hall–Kier alpha value is -2.52. The molecular formula is C17H14Cl2F3N5O. The molecule has 0 fully saturated rings. The number of halogens is 5. The number of alkyl halides is 3. The van der Waals surface area contributed by atoms with Crippen LogP contribution in [0.25, 0.3) is 0 Å². The third-order valence-electron chi connectivity index (χ3n) is 3.96. The Balaban J connectivity index is 1.77. The quantitative estimate of drug-likeness (QED) is 0.658. The zero-order valence-corrected chi connectivity index (χ0v) is 16.2. The first-order valence-corrected chi connectivity index (χ1v) is 8.71. The Morgan fingerprint density at radius 2 is 1.89 bits per heavy atom. The maximum absolute atomic E-state index is 12.8. The van der Waals surface area contributed by atoms with Gasteiger partial charge in [0.2, 0.25) is 0 Å². The van der Waals surface area contributed by atoms with Crippen molar-refractivity contribution in [2.45, 2.75) is 19.6 Å². The number of hydrogen-bond donors (Lipinski definition) is 1. The van der Waals surface area contributed by atoms with Crippen LogP contribution < -0.4 is 5.32 Å². The van der Waals surface area contributed by atoms with E-state index in [1.807, 2.05) is 0 Å². The van der Waals surface area contributed by atoms with Crippen molar-refractivity contribution < 1.29 is 18.0 Å². The lowest BCUT2D eigenvalue weighted by atomic mass is 10.2. The monoisotopic (exact) mass is 431 g/mol. The van der Waals surface area contributed by atoms with Gasteiger partial charge >= 0.3 is 6.18 Å². The second-order valence-electron chi connectivity index (χ2n) is 6.05. The van der Waals surface area contributed by atoms with Gasteiger partial charge in [-0.05, 0) is 24.6 Å². The molecule has 2 aromatic heterocycles. The number of anilines is 1. The molecule has 0 aliphatic rings. The molecule has 28 heavy (non-hydrogen) atoms. The summed E-state index contributed by atoms with van der Waals surface area (Å²) in [6.07, 6.45) is -4.60.